The molecule has 1 N–H and O–H groups in total. The summed E-state index contributed by atoms with van der Waals surface area (Å²) in [6, 6.07) is 5.38. The number of rotatable bonds is 5. The van der Waals surface area contributed by atoms with Crippen molar-refractivity contribution in [3.8, 4) is 0 Å². The van der Waals surface area contributed by atoms with Gasteiger partial charge in [-0.1, -0.05) is 13.0 Å². The Labute approximate surface area is 95.9 Å². The molecular formula is C13H19NS. The van der Waals surface area contributed by atoms with Gasteiger partial charge >= 0.3 is 0 Å². The van der Waals surface area contributed by atoms with Crippen molar-refractivity contribution in [2.75, 3.05) is 6.54 Å². The zero-order chi connectivity index (χ0) is 10.3. The van der Waals surface area contributed by atoms with Gasteiger partial charge in [-0.3, -0.25) is 0 Å². The van der Waals surface area contributed by atoms with Crippen LogP contribution in [0.5, 0.6) is 0 Å². The highest BCUT2D eigenvalue weighted by atomic mass is 32.1. The van der Waals surface area contributed by atoms with E-state index in [4.69, 9.17) is 0 Å². The van der Waals surface area contributed by atoms with Gasteiger partial charge in [-0.15, -0.1) is 11.3 Å². The lowest BCUT2D eigenvalue weighted by molar-refractivity contribution is 0.543. The topological polar surface area (TPSA) is 12.0 Å². The fourth-order valence-electron chi connectivity index (χ4n) is 2.72. The zero-order valence-corrected chi connectivity index (χ0v) is 10.1. The van der Waals surface area contributed by atoms with Crippen molar-refractivity contribution in [2.24, 2.45) is 5.92 Å². The molecule has 2 fully saturated rings. The summed E-state index contributed by atoms with van der Waals surface area (Å²) in [5.74, 6) is 0.904. The normalized spacial score (nSPS) is 34.3. The Morgan fingerprint density at radius 1 is 1.53 bits per heavy atom. The Kier molecular flexibility index (Phi) is 2.37. The lowest BCUT2D eigenvalue weighted by Gasteiger charge is -2.13. The van der Waals surface area contributed by atoms with Crippen LogP contribution in [-0.4, -0.2) is 12.6 Å². The van der Waals surface area contributed by atoms with Crippen LogP contribution in [0.25, 0.3) is 0 Å². The van der Waals surface area contributed by atoms with Crippen molar-refractivity contribution in [1.29, 1.82) is 0 Å². The monoisotopic (exact) mass is 221 g/mol. The maximum absolute atomic E-state index is 3.67. The first kappa shape index (κ1) is 9.86. The predicted octanol–water partition coefficient (Wildman–Crippen LogP) is 3.17. The van der Waals surface area contributed by atoms with Gasteiger partial charge in [-0.25, -0.2) is 0 Å². The van der Waals surface area contributed by atoms with E-state index in [1.807, 2.05) is 11.3 Å². The molecule has 0 saturated heterocycles. The third kappa shape index (κ3) is 1.74. The molecule has 15 heavy (non-hydrogen) atoms. The molecule has 2 heteroatoms. The van der Waals surface area contributed by atoms with Gasteiger partial charge in [0.2, 0.25) is 0 Å². The second-order valence-corrected chi connectivity index (χ2v) is 6.02. The molecule has 0 aromatic carbocycles. The van der Waals surface area contributed by atoms with Crippen LogP contribution in [0.15, 0.2) is 17.5 Å². The smallest absolute Gasteiger partial charge is 0.0110 e. The minimum atomic E-state index is 0.552. The van der Waals surface area contributed by atoms with Crippen molar-refractivity contribution < 1.29 is 0 Å². The number of hydrogen-bond donors (Lipinski definition) is 1. The van der Waals surface area contributed by atoms with Crippen LogP contribution in [0.4, 0.5) is 0 Å². The van der Waals surface area contributed by atoms with E-state index in [1.54, 1.807) is 4.88 Å². The molecule has 1 aromatic heterocycles. The molecule has 2 atom stereocenters. The molecule has 82 valence electrons. The summed E-state index contributed by atoms with van der Waals surface area (Å²) in [4.78, 5) is 1.62. The molecule has 2 aliphatic carbocycles. The van der Waals surface area contributed by atoms with Crippen LogP contribution < -0.4 is 5.32 Å². The standard InChI is InChI=1S/C13H19NS/c1-2-13(12-4-3-7-15-12)8-10(13)9-14-11-5-6-11/h3-4,7,10-11,14H,2,5-6,8-9H2,1H3. The second-order valence-electron chi connectivity index (χ2n) is 5.07. The maximum atomic E-state index is 3.67. The second kappa shape index (κ2) is 3.60. The summed E-state index contributed by atoms with van der Waals surface area (Å²) >= 11 is 1.94. The summed E-state index contributed by atoms with van der Waals surface area (Å²) in [6.45, 7) is 3.59. The number of hydrogen-bond acceptors (Lipinski definition) is 2. The van der Waals surface area contributed by atoms with Gasteiger partial charge in [0, 0.05) is 16.3 Å². The molecule has 3 rings (SSSR count). The van der Waals surface area contributed by atoms with Crippen LogP contribution >= 0.6 is 11.3 Å². The molecule has 2 saturated carbocycles. The Bertz CT molecular complexity index is 328. The molecule has 1 nitrogen and oxygen atoms in total. The third-order valence-electron chi connectivity index (χ3n) is 4.11. The highest BCUT2D eigenvalue weighted by molar-refractivity contribution is 7.10. The zero-order valence-electron chi connectivity index (χ0n) is 9.33. The van der Waals surface area contributed by atoms with Gasteiger partial charge in [0.1, 0.15) is 0 Å². The largest absolute Gasteiger partial charge is 0.314 e. The van der Waals surface area contributed by atoms with E-state index >= 15 is 0 Å². The van der Waals surface area contributed by atoms with E-state index in [-0.39, 0.29) is 0 Å². The maximum Gasteiger partial charge on any atom is 0.0110 e. The predicted molar refractivity (Wildman–Crippen MR) is 65.4 cm³/mol. The highest BCUT2D eigenvalue weighted by Crippen LogP contribution is 2.57. The van der Waals surface area contributed by atoms with Crippen molar-refractivity contribution >= 4 is 11.3 Å². The molecule has 2 aliphatic rings. The van der Waals surface area contributed by atoms with E-state index in [1.165, 1.54) is 32.2 Å². The number of thiophene rings is 1. The quantitative estimate of drug-likeness (QED) is 0.805. The number of nitrogens with one attached hydrogen (secondary N) is 1. The Balaban J connectivity index is 1.63. The Hall–Kier alpha value is -0.340. The van der Waals surface area contributed by atoms with Crippen molar-refractivity contribution in [3.63, 3.8) is 0 Å². The first-order chi connectivity index (χ1) is 7.35. The Morgan fingerprint density at radius 3 is 3.00 bits per heavy atom. The lowest BCUT2D eigenvalue weighted by Crippen LogP contribution is -2.22. The summed E-state index contributed by atoms with van der Waals surface area (Å²) in [7, 11) is 0. The van der Waals surface area contributed by atoms with Crippen LogP contribution in [0.1, 0.15) is 37.5 Å². The summed E-state index contributed by atoms with van der Waals surface area (Å²) in [6.07, 6.45) is 5.53. The fraction of sp³-hybridized carbons (Fsp3) is 0.692. The molecule has 1 heterocycles. The van der Waals surface area contributed by atoms with E-state index in [9.17, 15) is 0 Å². The average Bonchev–Trinajstić information content (AvgIpc) is 3.15. The molecule has 0 bridgehead atoms. The van der Waals surface area contributed by atoms with Gasteiger partial charge in [0.05, 0.1) is 0 Å². The molecule has 0 spiro atoms. The van der Waals surface area contributed by atoms with Gasteiger partial charge in [-0.2, -0.15) is 0 Å². The van der Waals surface area contributed by atoms with Crippen LogP contribution in [-0.2, 0) is 5.41 Å². The first-order valence-corrected chi connectivity index (χ1v) is 7.00. The molecule has 0 amide bonds. The van der Waals surface area contributed by atoms with E-state index in [2.05, 4.69) is 29.8 Å². The lowest BCUT2D eigenvalue weighted by atomic mass is 9.98. The summed E-state index contributed by atoms with van der Waals surface area (Å²) in [5, 5.41) is 5.89. The minimum Gasteiger partial charge on any atom is -0.314 e. The molecule has 1 aromatic rings. The summed E-state index contributed by atoms with van der Waals surface area (Å²) in [5.41, 5.74) is 0.552. The minimum absolute atomic E-state index is 0.552. The fourth-order valence-corrected chi connectivity index (χ4v) is 3.81. The first-order valence-electron chi connectivity index (χ1n) is 6.12. The van der Waals surface area contributed by atoms with Crippen molar-refractivity contribution in [2.45, 2.75) is 44.1 Å². The van der Waals surface area contributed by atoms with Crippen molar-refractivity contribution in [3.05, 3.63) is 22.4 Å². The van der Waals surface area contributed by atoms with Gasteiger partial charge < -0.3 is 5.32 Å². The Morgan fingerprint density at radius 2 is 2.40 bits per heavy atom. The van der Waals surface area contributed by atoms with Crippen LogP contribution in [0, 0.1) is 5.92 Å². The average molecular weight is 221 g/mol. The molecule has 0 radical (unpaired) electrons. The summed E-state index contributed by atoms with van der Waals surface area (Å²) < 4.78 is 0. The van der Waals surface area contributed by atoms with E-state index in [0.717, 1.165) is 12.0 Å². The third-order valence-corrected chi connectivity index (χ3v) is 5.19. The highest BCUT2D eigenvalue weighted by Gasteiger charge is 2.54. The molecule has 0 aliphatic heterocycles. The van der Waals surface area contributed by atoms with Gasteiger partial charge in [-0.05, 0) is 49.6 Å². The molecular weight excluding hydrogens is 202 g/mol. The van der Waals surface area contributed by atoms with Crippen molar-refractivity contribution in [1.82, 2.24) is 5.32 Å². The van der Waals surface area contributed by atoms with E-state index in [0.29, 0.717) is 5.41 Å². The SMILES string of the molecule is CCC1(c2cccs2)CC1CNC1CC1. The van der Waals surface area contributed by atoms with E-state index < -0.39 is 0 Å². The van der Waals surface area contributed by atoms with Gasteiger partial charge in [0.15, 0.2) is 0 Å². The molecule has 2 unspecified atom stereocenters. The van der Waals surface area contributed by atoms with Gasteiger partial charge in [0.25, 0.3) is 0 Å². The van der Waals surface area contributed by atoms with Crippen LogP contribution in [0.2, 0.25) is 0 Å². The van der Waals surface area contributed by atoms with Crippen LogP contribution in [0.3, 0.4) is 0 Å².